The maximum absolute atomic E-state index is 12.9. The van der Waals surface area contributed by atoms with Crippen LogP contribution < -0.4 is 9.64 Å². The van der Waals surface area contributed by atoms with Crippen LogP contribution in [-0.4, -0.2) is 10.2 Å². The van der Waals surface area contributed by atoms with Gasteiger partial charge in [-0.15, -0.1) is 0 Å². The number of halogens is 1. The number of anilines is 1. The van der Waals surface area contributed by atoms with Gasteiger partial charge in [0.1, 0.15) is 11.5 Å². The minimum absolute atomic E-state index is 0.161. The van der Waals surface area contributed by atoms with Crippen molar-refractivity contribution in [2.45, 2.75) is 0 Å². The number of ether oxygens (including phenoxy) is 1. The summed E-state index contributed by atoms with van der Waals surface area (Å²) in [6.07, 6.45) is 1.82. The van der Waals surface area contributed by atoms with Crippen LogP contribution >= 0.6 is 35.6 Å². The van der Waals surface area contributed by atoms with Gasteiger partial charge in [-0.05, 0) is 54.1 Å². The third kappa shape index (κ3) is 4.12. The third-order valence-electron chi connectivity index (χ3n) is 3.99. The molecule has 6 heteroatoms. The number of carbonyl (C=O) groups excluding carboxylic acids is 1. The fourth-order valence-electron chi connectivity index (χ4n) is 2.75. The second-order valence-electron chi connectivity index (χ2n) is 5.98. The summed E-state index contributed by atoms with van der Waals surface area (Å²) in [5.41, 5.74) is 1.53. The lowest BCUT2D eigenvalue weighted by molar-refractivity contribution is -0.113. The van der Waals surface area contributed by atoms with Gasteiger partial charge < -0.3 is 4.74 Å². The lowest BCUT2D eigenvalue weighted by atomic mass is 10.2. The number of para-hydroxylation sites is 1. The molecular formula is C22H14ClNO2S2. The molecule has 3 aromatic rings. The van der Waals surface area contributed by atoms with Crippen molar-refractivity contribution in [3.63, 3.8) is 0 Å². The van der Waals surface area contributed by atoms with E-state index < -0.39 is 0 Å². The Balaban J connectivity index is 1.58. The minimum atomic E-state index is -0.161. The number of benzene rings is 3. The van der Waals surface area contributed by atoms with E-state index in [4.69, 9.17) is 28.6 Å². The first-order chi connectivity index (χ1) is 13.6. The van der Waals surface area contributed by atoms with E-state index in [1.807, 2.05) is 66.7 Å². The highest BCUT2D eigenvalue weighted by Crippen LogP contribution is 2.37. The monoisotopic (exact) mass is 423 g/mol. The molecule has 0 bridgehead atoms. The summed E-state index contributed by atoms with van der Waals surface area (Å²) in [5.74, 6) is 1.30. The van der Waals surface area contributed by atoms with Crippen LogP contribution in [0.15, 0.2) is 83.8 Å². The van der Waals surface area contributed by atoms with E-state index in [9.17, 15) is 4.79 Å². The molecule has 0 aromatic heterocycles. The maximum atomic E-state index is 12.9. The van der Waals surface area contributed by atoms with E-state index in [2.05, 4.69) is 0 Å². The zero-order chi connectivity index (χ0) is 19.5. The number of thiocarbonyl (C=S) groups is 1. The number of rotatable bonds is 4. The van der Waals surface area contributed by atoms with Gasteiger partial charge in [0.2, 0.25) is 0 Å². The zero-order valence-corrected chi connectivity index (χ0v) is 16.9. The molecule has 1 aliphatic rings. The van der Waals surface area contributed by atoms with Crippen molar-refractivity contribution in [2.75, 3.05) is 4.90 Å². The molecule has 1 heterocycles. The van der Waals surface area contributed by atoms with Crippen LogP contribution in [-0.2, 0) is 4.79 Å². The number of thioether (sulfide) groups is 1. The standard InChI is InChI=1S/C22H14ClNO2S2/c23-16-7-5-8-17(14-16)24-21(25)20(28-22(24)27)13-15-6-4-11-19(12-15)26-18-9-2-1-3-10-18/h1-14H/b20-13+. The minimum Gasteiger partial charge on any atom is -0.457 e. The molecule has 0 spiro atoms. The SMILES string of the molecule is O=C1/C(=C\c2cccc(Oc3ccccc3)c2)SC(=S)N1c1cccc(Cl)c1. The number of carbonyl (C=O) groups is 1. The molecule has 0 saturated carbocycles. The predicted molar refractivity (Wildman–Crippen MR) is 120 cm³/mol. The van der Waals surface area contributed by atoms with Crippen LogP contribution in [0.3, 0.4) is 0 Å². The predicted octanol–water partition coefficient (Wildman–Crippen LogP) is 6.54. The number of hydrogen-bond donors (Lipinski definition) is 0. The Bertz CT molecular complexity index is 1080. The second kappa shape index (κ2) is 8.19. The summed E-state index contributed by atoms with van der Waals surface area (Å²) >= 11 is 12.7. The average Bonchev–Trinajstić information content (AvgIpc) is 2.96. The third-order valence-corrected chi connectivity index (χ3v) is 5.53. The van der Waals surface area contributed by atoms with Gasteiger partial charge in [-0.2, -0.15) is 0 Å². The molecule has 28 heavy (non-hydrogen) atoms. The highest BCUT2D eigenvalue weighted by atomic mass is 35.5. The van der Waals surface area contributed by atoms with Crippen molar-refractivity contribution in [3.8, 4) is 11.5 Å². The highest BCUT2D eigenvalue weighted by molar-refractivity contribution is 8.27. The van der Waals surface area contributed by atoms with Crippen LogP contribution in [0.2, 0.25) is 5.02 Å². The van der Waals surface area contributed by atoms with E-state index in [0.29, 0.717) is 25.7 Å². The largest absolute Gasteiger partial charge is 0.457 e. The Hall–Kier alpha value is -2.60. The molecule has 1 amide bonds. The van der Waals surface area contributed by atoms with E-state index in [-0.39, 0.29) is 5.91 Å². The van der Waals surface area contributed by atoms with Crippen molar-refractivity contribution in [1.29, 1.82) is 0 Å². The lowest BCUT2D eigenvalue weighted by Crippen LogP contribution is -2.27. The first-order valence-corrected chi connectivity index (χ1v) is 10.1. The second-order valence-corrected chi connectivity index (χ2v) is 8.10. The van der Waals surface area contributed by atoms with Gasteiger partial charge in [-0.1, -0.05) is 72.0 Å². The number of nitrogens with zero attached hydrogens (tertiary/aromatic N) is 1. The molecule has 3 aromatic carbocycles. The van der Waals surface area contributed by atoms with Crippen molar-refractivity contribution >= 4 is 57.6 Å². The van der Waals surface area contributed by atoms with E-state index in [1.54, 1.807) is 18.2 Å². The van der Waals surface area contributed by atoms with E-state index >= 15 is 0 Å². The molecule has 0 unspecified atom stereocenters. The van der Waals surface area contributed by atoms with Crippen LogP contribution in [0.1, 0.15) is 5.56 Å². The van der Waals surface area contributed by atoms with Gasteiger partial charge in [0.15, 0.2) is 4.32 Å². The van der Waals surface area contributed by atoms with Gasteiger partial charge in [-0.25, -0.2) is 0 Å². The van der Waals surface area contributed by atoms with Gasteiger partial charge in [-0.3, -0.25) is 9.69 Å². The summed E-state index contributed by atoms with van der Waals surface area (Å²) in [6.45, 7) is 0. The van der Waals surface area contributed by atoms with Crippen LogP contribution in [0.25, 0.3) is 6.08 Å². The summed E-state index contributed by atoms with van der Waals surface area (Å²) in [5, 5.41) is 0.557. The van der Waals surface area contributed by atoms with Gasteiger partial charge in [0, 0.05) is 5.02 Å². The first kappa shape index (κ1) is 18.7. The van der Waals surface area contributed by atoms with Gasteiger partial charge in [0.05, 0.1) is 10.6 Å². The topological polar surface area (TPSA) is 29.5 Å². The van der Waals surface area contributed by atoms with Crippen molar-refractivity contribution in [2.24, 2.45) is 0 Å². The van der Waals surface area contributed by atoms with Crippen molar-refractivity contribution in [1.82, 2.24) is 0 Å². The molecular weight excluding hydrogens is 410 g/mol. The van der Waals surface area contributed by atoms with Gasteiger partial charge in [0.25, 0.3) is 5.91 Å². The van der Waals surface area contributed by atoms with Crippen molar-refractivity contribution < 1.29 is 9.53 Å². The molecule has 0 atom stereocenters. The Morgan fingerprint density at radius 2 is 1.68 bits per heavy atom. The maximum Gasteiger partial charge on any atom is 0.270 e. The number of hydrogen-bond acceptors (Lipinski definition) is 4. The molecule has 1 saturated heterocycles. The Labute approximate surface area is 177 Å². The molecule has 0 radical (unpaired) electrons. The molecule has 3 nitrogen and oxygen atoms in total. The molecule has 0 aliphatic carbocycles. The lowest BCUT2D eigenvalue weighted by Gasteiger charge is -2.14. The summed E-state index contributed by atoms with van der Waals surface area (Å²) < 4.78 is 6.34. The molecule has 1 fully saturated rings. The van der Waals surface area contributed by atoms with Crippen LogP contribution in [0, 0.1) is 0 Å². The van der Waals surface area contributed by atoms with Crippen molar-refractivity contribution in [3.05, 3.63) is 94.4 Å². The number of amides is 1. The first-order valence-electron chi connectivity index (χ1n) is 8.47. The Kier molecular flexibility index (Phi) is 5.48. The molecule has 0 N–H and O–H groups in total. The molecule has 138 valence electrons. The normalized spacial score (nSPS) is 15.3. The Morgan fingerprint density at radius 1 is 0.929 bits per heavy atom. The highest BCUT2D eigenvalue weighted by Gasteiger charge is 2.33. The summed E-state index contributed by atoms with van der Waals surface area (Å²) in [4.78, 5) is 14.9. The molecule has 1 aliphatic heterocycles. The fraction of sp³-hybridized carbons (Fsp3) is 0. The van der Waals surface area contributed by atoms with Gasteiger partial charge >= 0.3 is 0 Å². The summed E-state index contributed by atoms with van der Waals surface area (Å²) in [7, 11) is 0. The zero-order valence-electron chi connectivity index (χ0n) is 14.5. The molecule has 4 rings (SSSR count). The van der Waals surface area contributed by atoms with Crippen LogP contribution in [0.5, 0.6) is 11.5 Å². The van der Waals surface area contributed by atoms with E-state index in [0.717, 1.165) is 11.3 Å². The fourth-order valence-corrected chi connectivity index (χ4v) is 4.23. The summed E-state index contributed by atoms with van der Waals surface area (Å²) in [6, 6.07) is 24.2. The van der Waals surface area contributed by atoms with Crippen LogP contribution in [0.4, 0.5) is 5.69 Å². The smallest absolute Gasteiger partial charge is 0.270 e. The Morgan fingerprint density at radius 3 is 2.46 bits per heavy atom. The van der Waals surface area contributed by atoms with E-state index in [1.165, 1.54) is 16.7 Å². The quantitative estimate of drug-likeness (QED) is 0.352. The average molecular weight is 424 g/mol.